The highest BCUT2D eigenvalue weighted by Crippen LogP contribution is 2.43. The third-order valence-corrected chi connectivity index (χ3v) is 6.05. The van der Waals surface area contributed by atoms with E-state index in [4.69, 9.17) is 4.74 Å². The highest BCUT2D eigenvalue weighted by molar-refractivity contribution is 5.96. The van der Waals surface area contributed by atoms with Crippen LogP contribution in [-0.2, 0) is 7.05 Å². The summed E-state index contributed by atoms with van der Waals surface area (Å²) < 4.78 is 8.33. The number of anilines is 1. The number of rotatable bonds is 5. The average molecular weight is 452 g/mol. The second-order valence-corrected chi connectivity index (χ2v) is 8.62. The minimum absolute atomic E-state index is 0.213. The SMILES string of the molecule is C=C1C=C(c2cccc3nn(C)cc23)Oc2c1cc(C)cc2C(C)Nc1ccccc1C(=O)O. The molecule has 1 aliphatic heterocycles. The van der Waals surface area contributed by atoms with Crippen molar-refractivity contribution in [1.82, 2.24) is 9.78 Å². The number of benzene rings is 3. The number of nitrogens with zero attached hydrogens (tertiary/aromatic N) is 2. The zero-order valence-electron chi connectivity index (χ0n) is 19.3. The number of hydrogen-bond acceptors (Lipinski definition) is 4. The van der Waals surface area contributed by atoms with Crippen LogP contribution in [0.1, 0.15) is 45.6 Å². The molecule has 4 aromatic rings. The molecule has 1 atom stereocenters. The molecule has 2 N–H and O–H groups in total. The number of allylic oxidation sites excluding steroid dienone is 2. The minimum Gasteiger partial charge on any atom is -0.478 e. The Kier molecular flexibility index (Phi) is 5.21. The molecule has 0 radical (unpaired) electrons. The van der Waals surface area contributed by atoms with Gasteiger partial charge in [-0.25, -0.2) is 4.79 Å². The first-order valence-corrected chi connectivity index (χ1v) is 11.1. The number of aryl methyl sites for hydroxylation is 2. The number of hydrogen-bond donors (Lipinski definition) is 2. The molecule has 5 rings (SSSR count). The van der Waals surface area contributed by atoms with Gasteiger partial charge in [-0.15, -0.1) is 0 Å². The normalized spacial score (nSPS) is 13.7. The van der Waals surface area contributed by atoms with E-state index >= 15 is 0 Å². The minimum atomic E-state index is -0.971. The third kappa shape index (κ3) is 3.73. The van der Waals surface area contributed by atoms with Crippen molar-refractivity contribution in [2.45, 2.75) is 19.9 Å². The standard InChI is InChI=1S/C28H25N3O3/c1-16-12-21-17(2)14-26(19-9-7-11-25-23(19)15-31(4)30-25)34-27(21)22(13-16)18(3)29-24-10-6-5-8-20(24)28(32)33/h5-15,18,29H,2H2,1,3-4H3,(H,32,33). The fourth-order valence-corrected chi connectivity index (χ4v) is 4.47. The summed E-state index contributed by atoms with van der Waals surface area (Å²) >= 11 is 0. The van der Waals surface area contributed by atoms with Crippen LogP contribution < -0.4 is 10.1 Å². The Morgan fingerprint density at radius 1 is 1.15 bits per heavy atom. The van der Waals surface area contributed by atoms with Crippen molar-refractivity contribution in [2.24, 2.45) is 7.05 Å². The van der Waals surface area contributed by atoms with E-state index < -0.39 is 5.97 Å². The number of aromatic carboxylic acids is 1. The Morgan fingerprint density at radius 3 is 2.74 bits per heavy atom. The molecule has 34 heavy (non-hydrogen) atoms. The first-order valence-electron chi connectivity index (χ1n) is 11.1. The van der Waals surface area contributed by atoms with E-state index in [2.05, 4.69) is 29.1 Å². The lowest BCUT2D eigenvalue weighted by Crippen LogP contribution is -2.14. The van der Waals surface area contributed by atoms with Crippen LogP contribution in [0.15, 0.2) is 73.4 Å². The highest BCUT2D eigenvalue weighted by atomic mass is 16.5. The van der Waals surface area contributed by atoms with E-state index in [1.807, 2.05) is 57.4 Å². The number of fused-ring (bicyclic) bond motifs is 2. The number of carboxylic acids is 1. The van der Waals surface area contributed by atoms with Crippen molar-refractivity contribution < 1.29 is 14.6 Å². The van der Waals surface area contributed by atoms with Gasteiger partial charge < -0.3 is 15.2 Å². The molecule has 3 aromatic carbocycles. The highest BCUT2D eigenvalue weighted by Gasteiger charge is 2.25. The molecule has 0 spiro atoms. The van der Waals surface area contributed by atoms with Crippen LogP contribution in [0.2, 0.25) is 0 Å². The van der Waals surface area contributed by atoms with Gasteiger partial charge in [-0.3, -0.25) is 4.68 Å². The molecule has 1 unspecified atom stereocenters. The first kappa shape index (κ1) is 21.5. The molecule has 2 heterocycles. The zero-order chi connectivity index (χ0) is 24.0. The van der Waals surface area contributed by atoms with Crippen LogP contribution in [-0.4, -0.2) is 20.9 Å². The topological polar surface area (TPSA) is 76.4 Å². The van der Waals surface area contributed by atoms with Crippen LogP contribution in [0.3, 0.4) is 0 Å². The van der Waals surface area contributed by atoms with Crippen molar-refractivity contribution >= 4 is 33.9 Å². The molecular formula is C28H25N3O3. The van der Waals surface area contributed by atoms with Gasteiger partial charge in [-0.05, 0) is 55.3 Å². The molecule has 1 aromatic heterocycles. The molecule has 0 aliphatic carbocycles. The van der Waals surface area contributed by atoms with E-state index in [-0.39, 0.29) is 11.6 Å². The molecule has 0 bridgehead atoms. The molecule has 6 heteroatoms. The molecule has 6 nitrogen and oxygen atoms in total. The lowest BCUT2D eigenvalue weighted by atomic mass is 9.93. The average Bonchev–Trinajstić information content (AvgIpc) is 3.19. The van der Waals surface area contributed by atoms with Crippen LogP contribution >= 0.6 is 0 Å². The van der Waals surface area contributed by atoms with Crippen LogP contribution in [0.4, 0.5) is 5.69 Å². The largest absolute Gasteiger partial charge is 0.478 e. The van der Waals surface area contributed by atoms with Gasteiger partial charge in [-0.2, -0.15) is 5.10 Å². The van der Waals surface area contributed by atoms with Gasteiger partial charge in [0.05, 0.1) is 17.1 Å². The molecular weight excluding hydrogens is 426 g/mol. The van der Waals surface area contributed by atoms with Crippen molar-refractivity contribution in [3.63, 3.8) is 0 Å². The predicted molar refractivity (Wildman–Crippen MR) is 135 cm³/mol. The summed E-state index contributed by atoms with van der Waals surface area (Å²) in [6.07, 6.45) is 3.95. The van der Waals surface area contributed by atoms with E-state index in [9.17, 15) is 9.90 Å². The van der Waals surface area contributed by atoms with E-state index in [0.29, 0.717) is 11.4 Å². The van der Waals surface area contributed by atoms with E-state index in [0.717, 1.165) is 44.5 Å². The van der Waals surface area contributed by atoms with Crippen LogP contribution in [0, 0.1) is 6.92 Å². The van der Waals surface area contributed by atoms with Crippen molar-refractivity contribution in [1.29, 1.82) is 0 Å². The molecule has 0 amide bonds. The van der Waals surface area contributed by atoms with E-state index in [1.165, 1.54) is 0 Å². The van der Waals surface area contributed by atoms with Gasteiger partial charge in [0.15, 0.2) is 0 Å². The Bertz CT molecular complexity index is 1500. The number of para-hydroxylation sites is 1. The number of nitrogens with one attached hydrogen (secondary N) is 1. The maximum absolute atomic E-state index is 11.7. The lowest BCUT2D eigenvalue weighted by molar-refractivity contribution is 0.0698. The summed E-state index contributed by atoms with van der Waals surface area (Å²) in [4.78, 5) is 11.7. The Labute approximate surface area is 197 Å². The molecule has 1 aliphatic rings. The summed E-state index contributed by atoms with van der Waals surface area (Å²) in [5.74, 6) is 0.460. The molecule has 170 valence electrons. The smallest absolute Gasteiger partial charge is 0.337 e. The maximum Gasteiger partial charge on any atom is 0.337 e. The Hall–Kier alpha value is -4.32. The van der Waals surface area contributed by atoms with Gasteiger partial charge in [-0.1, -0.05) is 36.9 Å². The van der Waals surface area contributed by atoms with Crippen molar-refractivity contribution in [3.8, 4) is 5.75 Å². The number of carboxylic acid groups (broad SMARTS) is 1. The second-order valence-electron chi connectivity index (χ2n) is 8.62. The number of ether oxygens (including phenoxy) is 1. The van der Waals surface area contributed by atoms with E-state index in [1.54, 1.807) is 22.9 Å². The predicted octanol–water partition coefficient (Wildman–Crippen LogP) is 6.20. The van der Waals surface area contributed by atoms with Gasteiger partial charge in [0, 0.05) is 41.0 Å². The monoisotopic (exact) mass is 451 g/mol. The van der Waals surface area contributed by atoms with Crippen LogP contribution in [0.25, 0.3) is 22.2 Å². The summed E-state index contributed by atoms with van der Waals surface area (Å²) in [5, 5.41) is 18.5. The second kappa shape index (κ2) is 8.23. The maximum atomic E-state index is 11.7. The van der Waals surface area contributed by atoms with Crippen molar-refractivity contribution in [3.05, 3.63) is 101 Å². The molecule has 0 saturated heterocycles. The fourth-order valence-electron chi connectivity index (χ4n) is 4.47. The molecule has 0 fully saturated rings. The summed E-state index contributed by atoms with van der Waals surface area (Å²) in [6.45, 7) is 8.34. The Balaban J connectivity index is 1.57. The lowest BCUT2D eigenvalue weighted by Gasteiger charge is -2.27. The summed E-state index contributed by atoms with van der Waals surface area (Å²) in [5.41, 5.74) is 6.42. The van der Waals surface area contributed by atoms with Gasteiger partial charge in [0.25, 0.3) is 0 Å². The third-order valence-electron chi connectivity index (χ3n) is 6.05. The summed E-state index contributed by atoms with van der Waals surface area (Å²) in [6, 6.07) is 16.8. The van der Waals surface area contributed by atoms with Gasteiger partial charge >= 0.3 is 5.97 Å². The van der Waals surface area contributed by atoms with Gasteiger partial charge in [0.2, 0.25) is 0 Å². The summed E-state index contributed by atoms with van der Waals surface area (Å²) in [7, 11) is 1.90. The number of aromatic nitrogens is 2. The fraction of sp³-hybridized carbons (Fsp3) is 0.143. The van der Waals surface area contributed by atoms with Gasteiger partial charge in [0.1, 0.15) is 11.5 Å². The Morgan fingerprint density at radius 2 is 1.94 bits per heavy atom. The first-order chi connectivity index (χ1) is 16.3. The van der Waals surface area contributed by atoms with Crippen LogP contribution in [0.5, 0.6) is 5.75 Å². The molecule has 0 saturated carbocycles. The quantitative estimate of drug-likeness (QED) is 0.378. The number of carbonyl (C=O) groups is 1. The zero-order valence-corrected chi connectivity index (χ0v) is 19.3. The van der Waals surface area contributed by atoms with Crippen molar-refractivity contribution in [2.75, 3.05) is 5.32 Å².